The average molecular weight is 225 g/mol. The van der Waals surface area contributed by atoms with E-state index in [0.717, 1.165) is 11.8 Å². The van der Waals surface area contributed by atoms with Gasteiger partial charge in [-0.15, -0.1) is 0 Å². The van der Waals surface area contributed by atoms with Crippen molar-refractivity contribution in [3.05, 3.63) is 0 Å². The van der Waals surface area contributed by atoms with Crippen molar-refractivity contribution in [2.45, 2.75) is 78.7 Å². The summed E-state index contributed by atoms with van der Waals surface area (Å²) in [6.45, 7) is 11.6. The predicted molar refractivity (Wildman–Crippen MR) is 72.4 cm³/mol. The SMILES string of the molecule is CC(C)C1CCC(N)(CCC(C)(C)C)CC1. The van der Waals surface area contributed by atoms with Gasteiger partial charge in [0.2, 0.25) is 0 Å². The molecule has 1 saturated carbocycles. The molecule has 0 saturated heterocycles. The van der Waals surface area contributed by atoms with Crippen LogP contribution in [-0.4, -0.2) is 5.54 Å². The van der Waals surface area contributed by atoms with Crippen LogP contribution in [0.25, 0.3) is 0 Å². The number of nitrogens with two attached hydrogens (primary N) is 1. The molecule has 0 aromatic rings. The molecule has 0 heterocycles. The molecule has 0 radical (unpaired) electrons. The molecule has 0 atom stereocenters. The van der Waals surface area contributed by atoms with Gasteiger partial charge in [0.1, 0.15) is 0 Å². The van der Waals surface area contributed by atoms with E-state index in [0.29, 0.717) is 5.41 Å². The van der Waals surface area contributed by atoms with Gasteiger partial charge in [-0.1, -0.05) is 34.6 Å². The third-order valence-corrected chi connectivity index (χ3v) is 4.34. The van der Waals surface area contributed by atoms with Crippen LogP contribution in [0.2, 0.25) is 0 Å². The summed E-state index contributed by atoms with van der Waals surface area (Å²) in [7, 11) is 0. The zero-order chi connectivity index (χ0) is 12.4. The number of rotatable bonds is 3. The highest BCUT2D eigenvalue weighted by molar-refractivity contribution is 4.91. The Morgan fingerprint density at radius 3 is 2.06 bits per heavy atom. The zero-order valence-corrected chi connectivity index (χ0v) is 12.0. The molecule has 1 heteroatoms. The number of hydrogen-bond donors (Lipinski definition) is 1. The molecule has 0 spiro atoms. The molecule has 1 nitrogen and oxygen atoms in total. The highest BCUT2D eigenvalue weighted by Crippen LogP contribution is 2.38. The van der Waals surface area contributed by atoms with Gasteiger partial charge in [-0.05, 0) is 55.8 Å². The molecule has 96 valence electrons. The van der Waals surface area contributed by atoms with Crippen molar-refractivity contribution in [2.24, 2.45) is 23.0 Å². The van der Waals surface area contributed by atoms with Crippen LogP contribution in [0.5, 0.6) is 0 Å². The van der Waals surface area contributed by atoms with Crippen molar-refractivity contribution in [3.8, 4) is 0 Å². The fourth-order valence-corrected chi connectivity index (χ4v) is 2.76. The van der Waals surface area contributed by atoms with Crippen LogP contribution in [0.15, 0.2) is 0 Å². The van der Waals surface area contributed by atoms with E-state index in [2.05, 4.69) is 34.6 Å². The van der Waals surface area contributed by atoms with E-state index in [4.69, 9.17) is 5.73 Å². The van der Waals surface area contributed by atoms with Crippen molar-refractivity contribution in [3.63, 3.8) is 0 Å². The van der Waals surface area contributed by atoms with Gasteiger partial charge in [-0.3, -0.25) is 0 Å². The average Bonchev–Trinajstić information content (AvgIpc) is 2.15. The van der Waals surface area contributed by atoms with Crippen LogP contribution in [0, 0.1) is 17.3 Å². The van der Waals surface area contributed by atoms with Gasteiger partial charge < -0.3 is 5.73 Å². The van der Waals surface area contributed by atoms with Crippen LogP contribution in [0.3, 0.4) is 0 Å². The van der Waals surface area contributed by atoms with Gasteiger partial charge in [0.15, 0.2) is 0 Å². The quantitative estimate of drug-likeness (QED) is 0.759. The van der Waals surface area contributed by atoms with Crippen molar-refractivity contribution in [1.82, 2.24) is 0 Å². The van der Waals surface area contributed by atoms with Gasteiger partial charge in [-0.25, -0.2) is 0 Å². The van der Waals surface area contributed by atoms with Gasteiger partial charge in [0.25, 0.3) is 0 Å². The number of hydrogen-bond acceptors (Lipinski definition) is 1. The fourth-order valence-electron chi connectivity index (χ4n) is 2.76. The lowest BCUT2D eigenvalue weighted by molar-refractivity contribution is 0.170. The van der Waals surface area contributed by atoms with Crippen LogP contribution in [0.4, 0.5) is 0 Å². The Morgan fingerprint density at radius 2 is 1.69 bits per heavy atom. The van der Waals surface area contributed by atoms with E-state index in [-0.39, 0.29) is 5.54 Å². The van der Waals surface area contributed by atoms with E-state index < -0.39 is 0 Å². The van der Waals surface area contributed by atoms with Crippen molar-refractivity contribution >= 4 is 0 Å². The molecule has 1 fully saturated rings. The molecule has 0 amide bonds. The second kappa shape index (κ2) is 5.08. The highest BCUT2D eigenvalue weighted by Gasteiger charge is 2.33. The topological polar surface area (TPSA) is 26.0 Å². The van der Waals surface area contributed by atoms with Crippen LogP contribution in [-0.2, 0) is 0 Å². The van der Waals surface area contributed by atoms with E-state index in [1.165, 1.54) is 38.5 Å². The molecular weight excluding hydrogens is 194 g/mol. The normalized spacial score (nSPS) is 32.1. The molecule has 0 bridgehead atoms. The molecular formula is C15H31N. The van der Waals surface area contributed by atoms with Crippen LogP contribution in [0.1, 0.15) is 73.1 Å². The van der Waals surface area contributed by atoms with Crippen LogP contribution < -0.4 is 5.73 Å². The summed E-state index contributed by atoms with van der Waals surface area (Å²) in [6, 6.07) is 0. The van der Waals surface area contributed by atoms with Crippen LogP contribution >= 0.6 is 0 Å². The molecule has 1 aliphatic carbocycles. The summed E-state index contributed by atoms with van der Waals surface area (Å²) >= 11 is 0. The minimum atomic E-state index is 0.151. The Kier molecular flexibility index (Phi) is 4.45. The minimum absolute atomic E-state index is 0.151. The summed E-state index contributed by atoms with van der Waals surface area (Å²) in [5.41, 5.74) is 7.11. The lowest BCUT2D eigenvalue weighted by Crippen LogP contribution is -2.44. The second-order valence-electron chi connectivity index (χ2n) is 7.50. The smallest absolute Gasteiger partial charge is 0.0154 e. The maximum atomic E-state index is 6.53. The summed E-state index contributed by atoms with van der Waals surface area (Å²) in [5, 5.41) is 0. The molecule has 0 unspecified atom stereocenters. The molecule has 16 heavy (non-hydrogen) atoms. The Morgan fingerprint density at radius 1 is 1.19 bits per heavy atom. The van der Waals surface area contributed by atoms with E-state index in [1.807, 2.05) is 0 Å². The first kappa shape index (κ1) is 14.0. The largest absolute Gasteiger partial charge is 0.325 e. The third-order valence-electron chi connectivity index (χ3n) is 4.34. The Hall–Kier alpha value is -0.0400. The van der Waals surface area contributed by atoms with Gasteiger partial charge in [-0.2, -0.15) is 0 Å². The Balaban J connectivity index is 2.38. The summed E-state index contributed by atoms with van der Waals surface area (Å²) < 4.78 is 0. The summed E-state index contributed by atoms with van der Waals surface area (Å²) in [6.07, 6.45) is 7.64. The standard InChI is InChI=1S/C15H31N/c1-12(2)13-6-8-15(16,9-7-13)11-10-14(3,4)5/h12-13H,6-11,16H2,1-5H3. The monoisotopic (exact) mass is 225 g/mol. The van der Waals surface area contributed by atoms with Crippen molar-refractivity contribution in [1.29, 1.82) is 0 Å². The van der Waals surface area contributed by atoms with E-state index in [9.17, 15) is 0 Å². The Bertz CT molecular complexity index is 204. The van der Waals surface area contributed by atoms with Crippen molar-refractivity contribution < 1.29 is 0 Å². The first-order chi connectivity index (χ1) is 7.22. The van der Waals surface area contributed by atoms with Gasteiger partial charge in [0.05, 0.1) is 0 Å². The van der Waals surface area contributed by atoms with Gasteiger partial charge in [0, 0.05) is 5.54 Å². The molecule has 0 aromatic carbocycles. The third kappa shape index (κ3) is 4.45. The molecule has 0 aliphatic heterocycles. The second-order valence-corrected chi connectivity index (χ2v) is 7.50. The van der Waals surface area contributed by atoms with Crippen molar-refractivity contribution in [2.75, 3.05) is 0 Å². The molecule has 1 aliphatic rings. The summed E-state index contributed by atoms with van der Waals surface area (Å²) in [4.78, 5) is 0. The Labute approximate surface area is 102 Å². The molecule has 2 N–H and O–H groups in total. The summed E-state index contributed by atoms with van der Waals surface area (Å²) in [5.74, 6) is 1.76. The first-order valence-corrected chi connectivity index (χ1v) is 7.01. The molecule has 0 aromatic heterocycles. The van der Waals surface area contributed by atoms with Gasteiger partial charge >= 0.3 is 0 Å². The molecule has 1 rings (SSSR count). The minimum Gasteiger partial charge on any atom is -0.325 e. The lowest BCUT2D eigenvalue weighted by Gasteiger charge is -2.40. The first-order valence-electron chi connectivity index (χ1n) is 7.01. The maximum Gasteiger partial charge on any atom is 0.0154 e. The maximum absolute atomic E-state index is 6.53. The van der Waals surface area contributed by atoms with E-state index >= 15 is 0 Å². The van der Waals surface area contributed by atoms with E-state index in [1.54, 1.807) is 0 Å². The highest BCUT2D eigenvalue weighted by atomic mass is 14.7. The lowest BCUT2D eigenvalue weighted by atomic mass is 9.70. The zero-order valence-electron chi connectivity index (χ0n) is 12.0. The fraction of sp³-hybridized carbons (Fsp3) is 1.00. The predicted octanol–water partition coefficient (Wildman–Crippen LogP) is 4.36.